The van der Waals surface area contributed by atoms with Crippen LogP contribution in [0.2, 0.25) is 0 Å². The Morgan fingerprint density at radius 1 is 1.19 bits per heavy atom. The molecule has 0 aromatic heterocycles. The number of carboxylic acid groups (broad SMARTS) is 1. The van der Waals surface area contributed by atoms with E-state index in [2.05, 4.69) is 12.2 Å². The molecule has 0 amide bonds. The lowest BCUT2D eigenvalue weighted by Crippen LogP contribution is -2.23. The number of carbonyl (C=O) groups is 1. The average molecular weight is 295 g/mol. The van der Waals surface area contributed by atoms with Crippen LogP contribution in [0.15, 0.2) is 24.3 Å². The minimum atomic E-state index is -0.720. The molecule has 1 unspecified atom stereocenters. The molecule has 118 valence electrons. The van der Waals surface area contributed by atoms with Crippen LogP contribution < -0.4 is 14.8 Å². The Balaban J connectivity index is 2.02. The number of aliphatic carboxylic acids is 1. The maximum absolute atomic E-state index is 10.5. The maximum atomic E-state index is 10.5. The van der Waals surface area contributed by atoms with Gasteiger partial charge in [-0.25, -0.2) is 0 Å². The second-order valence-electron chi connectivity index (χ2n) is 5.10. The summed E-state index contributed by atoms with van der Waals surface area (Å²) in [5.41, 5.74) is 0. The topological polar surface area (TPSA) is 67.8 Å². The highest BCUT2D eigenvalue weighted by atomic mass is 16.5. The Labute approximate surface area is 126 Å². The van der Waals surface area contributed by atoms with Gasteiger partial charge in [-0.3, -0.25) is 4.79 Å². The van der Waals surface area contributed by atoms with Gasteiger partial charge in [-0.15, -0.1) is 0 Å². The van der Waals surface area contributed by atoms with Crippen LogP contribution >= 0.6 is 0 Å². The van der Waals surface area contributed by atoms with Gasteiger partial charge in [-0.1, -0.05) is 6.92 Å². The van der Waals surface area contributed by atoms with Crippen LogP contribution in [0, 0.1) is 5.92 Å². The maximum Gasteiger partial charge on any atom is 0.303 e. The fourth-order valence-corrected chi connectivity index (χ4v) is 1.90. The first-order valence-electron chi connectivity index (χ1n) is 7.31. The largest absolute Gasteiger partial charge is 0.497 e. The summed E-state index contributed by atoms with van der Waals surface area (Å²) in [5.74, 6) is 1.35. The molecule has 0 aliphatic carbocycles. The highest BCUT2D eigenvalue weighted by molar-refractivity contribution is 5.66. The molecule has 0 heterocycles. The van der Waals surface area contributed by atoms with Gasteiger partial charge in [0, 0.05) is 13.0 Å². The van der Waals surface area contributed by atoms with Crippen molar-refractivity contribution in [3.63, 3.8) is 0 Å². The molecule has 1 aromatic carbocycles. The van der Waals surface area contributed by atoms with Gasteiger partial charge in [0.2, 0.25) is 0 Å². The van der Waals surface area contributed by atoms with Crippen molar-refractivity contribution in [1.82, 2.24) is 5.32 Å². The Hall–Kier alpha value is -1.75. The molecule has 5 nitrogen and oxygen atoms in total. The summed E-state index contributed by atoms with van der Waals surface area (Å²) in [5, 5.41) is 11.9. The Bertz CT molecular complexity index is 405. The lowest BCUT2D eigenvalue weighted by Gasteiger charge is -2.11. The number of carboxylic acids is 1. The SMILES string of the molecule is COc1ccc(OCCNCCC(C)CCC(=O)O)cc1. The molecule has 0 saturated heterocycles. The van der Waals surface area contributed by atoms with Crippen LogP contribution in [0.25, 0.3) is 0 Å². The summed E-state index contributed by atoms with van der Waals surface area (Å²) in [4.78, 5) is 10.5. The molecule has 2 N–H and O–H groups in total. The zero-order chi connectivity index (χ0) is 15.5. The van der Waals surface area contributed by atoms with Crippen molar-refractivity contribution in [3.05, 3.63) is 24.3 Å². The summed E-state index contributed by atoms with van der Waals surface area (Å²) >= 11 is 0. The lowest BCUT2D eigenvalue weighted by molar-refractivity contribution is -0.137. The molecule has 0 aliphatic rings. The highest BCUT2D eigenvalue weighted by Crippen LogP contribution is 2.16. The van der Waals surface area contributed by atoms with E-state index < -0.39 is 5.97 Å². The molecule has 0 aliphatic heterocycles. The van der Waals surface area contributed by atoms with E-state index >= 15 is 0 Å². The molecule has 0 radical (unpaired) electrons. The number of nitrogens with one attached hydrogen (secondary N) is 1. The Morgan fingerprint density at radius 2 is 1.86 bits per heavy atom. The van der Waals surface area contributed by atoms with Gasteiger partial charge < -0.3 is 19.9 Å². The second kappa shape index (κ2) is 10.0. The van der Waals surface area contributed by atoms with Gasteiger partial charge in [-0.05, 0) is 49.6 Å². The van der Waals surface area contributed by atoms with E-state index in [-0.39, 0.29) is 6.42 Å². The highest BCUT2D eigenvalue weighted by Gasteiger charge is 2.04. The predicted molar refractivity (Wildman–Crippen MR) is 82.0 cm³/mol. The Kier molecular flexibility index (Phi) is 8.28. The zero-order valence-electron chi connectivity index (χ0n) is 12.8. The third-order valence-corrected chi connectivity index (χ3v) is 3.27. The van der Waals surface area contributed by atoms with E-state index in [0.29, 0.717) is 12.5 Å². The van der Waals surface area contributed by atoms with Gasteiger partial charge in [0.15, 0.2) is 0 Å². The van der Waals surface area contributed by atoms with Gasteiger partial charge in [0.1, 0.15) is 18.1 Å². The van der Waals surface area contributed by atoms with Gasteiger partial charge in [0.25, 0.3) is 0 Å². The van der Waals surface area contributed by atoms with Crippen LogP contribution in [0.5, 0.6) is 11.5 Å². The third-order valence-electron chi connectivity index (χ3n) is 3.27. The van der Waals surface area contributed by atoms with Crippen molar-refractivity contribution < 1.29 is 19.4 Å². The number of ether oxygens (including phenoxy) is 2. The smallest absolute Gasteiger partial charge is 0.303 e. The molecule has 0 bridgehead atoms. The third kappa shape index (κ3) is 8.19. The minimum absolute atomic E-state index is 0.252. The summed E-state index contributed by atoms with van der Waals surface area (Å²) < 4.78 is 10.7. The normalized spacial score (nSPS) is 11.9. The first-order chi connectivity index (χ1) is 10.1. The monoisotopic (exact) mass is 295 g/mol. The summed E-state index contributed by atoms with van der Waals surface area (Å²) in [6.45, 7) is 4.35. The van der Waals surface area contributed by atoms with E-state index in [0.717, 1.165) is 37.4 Å². The van der Waals surface area contributed by atoms with Crippen molar-refractivity contribution >= 4 is 5.97 Å². The fraction of sp³-hybridized carbons (Fsp3) is 0.562. The number of rotatable bonds is 11. The molecule has 5 heteroatoms. The van der Waals surface area contributed by atoms with Gasteiger partial charge in [0.05, 0.1) is 7.11 Å². The minimum Gasteiger partial charge on any atom is -0.497 e. The summed E-state index contributed by atoms with van der Waals surface area (Å²) in [7, 11) is 1.64. The fourth-order valence-electron chi connectivity index (χ4n) is 1.90. The van der Waals surface area contributed by atoms with Crippen molar-refractivity contribution in [2.45, 2.75) is 26.2 Å². The molecular weight excluding hydrogens is 270 g/mol. The molecule has 1 aromatic rings. The van der Waals surface area contributed by atoms with E-state index in [1.165, 1.54) is 0 Å². The summed E-state index contributed by atoms with van der Waals surface area (Å²) in [6, 6.07) is 7.50. The molecule has 0 spiro atoms. The van der Waals surface area contributed by atoms with E-state index in [4.69, 9.17) is 14.6 Å². The van der Waals surface area contributed by atoms with E-state index in [1.54, 1.807) is 7.11 Å². The van der Waals surface area contributed by atoms with Crippen LogP contribution in [0.1, 0.15) is 26.2 Å². The van der Waals surface area contributed by atoms with Crippen molar-refractivity contribution in [1.29, 1.82) is 0 Å². The van der Waals surface area contributed by atoms with Crippen molar-refractivity contribution in [2.75, 3.05) is 26.8 Å². The first kappa shape index (κ1) is 17.3. The molecule has 21 heavy (non-hydrogen) atoms. The van der Waals surface area contributed by atoms with E-state index in [1.807, 2.05) is 24.3 Å². The van der Waals surface area contributed by atoms with Crippen molar-refractivity contribution in [2.24, 2.45) is 5.92 Å². The number of methoxy groups -OCH3 is 1. The molecule has 1 atom stereocenters. The Morgan fingerprint density at radius 3 is 2.48 bits per heavy atom. The second-order valence-corrected chi connectivity index (χ2v) is 5.10. The molecule has 1 rings (SSSR count). The molecule has 0 saturated carbocycles. The average Bonchev–Trinajstić information content (AvgIpc) is 2.49. The molecule has 0 fully saturated rings. The first-order valence-corrected chi connectivity index (χ1v) is 7.31. The quantitative estimate of drug-likeness (QED) is 0.614. The van der Waals surface area contributed by atoms with Crippen LogP contribution in [0.4, 0.5) is 0 Å². The van der Waals surface area contributed by atoms with Crippen LogP contribution in [-0.4, -0.2) is 37.9 Å². The van der Waals surface area contributed by atoms with Gasteiger partial charge >= 0.3 is 5.97 Å². The number of hydrogen-bond acceptors (Lipinski definition) is 4. The predicted octanol–water partition coefficient (Wildman–Crippen LogP) is 2.55. The van der Waals surface area contributed by atoms with Gasteiger partial charge in [-0.2, -0.15) is 0 Å². The van der Waals surface area contributed by atoms with Crippen LogP contribution in [0.3, 0.4) is 0 Å². The number of hydrogen-bond donors (Lipinski definition) is 2. The standard InChI is InChI=1S/C16H25NO4/c1-13(3-8-16(18)19)9-10-17-11-12-21-15-6-4-14(20-2)5-7-15/h4-7,13,17H,3,8-12H2,1-2H3,(H,18,19). The summed E-state index contributed by atoms with van der Waals surface area (Å²) in [6.07, 6.45) is 1.97. The molecular formula is C16H25NO4. The van der Waals surface area contributed by atoms with Crippen LogP contribution in [-0.2, 0) is 4.79 Å². The van der Waals surface area contributed by atoms with E-state index in [9.17, 15) is 4.79 Å². The number of benzene rings is 1. The van der Waals surface area contributed by atoms with Crippen molar-refractivity contribution in [3.8, 4) is 11.5 Å². The lowest BCUT2D eigenvalue weighted by atomic mass is 10.0. The zero-order valence-corrected chi connectivity index (χ0v) is 12.8.